The molecule has 0 aliphatic heterocycles. The van der Waals surface area contributed by atoms with Crippen molar-refractivity contribution in [1.82, 2.24) is 9.36 Å². The van der Waals surface area contributed by atoms with E-state index in [1.807, 2.05) is 0 Å². The molecule has 0 unspecified atom stereocenters. The normalized spacial score (nSPS) is 13.7. The summed E-state index contributed by atoms with van der Waals surface area (Å²) in [7, 11) is 0. The van der Waals surface area contributed by atoms with Crippen LogP contribution in [0.5, 0.6) is 0 Å². The van der Waals surface area contributed by atoms with Crippen molar-refractivity contribution in [1.29, 1.82) is 0 Å². The van der Waals surface area contributed by atoms with Crippen molar-refractivity contribution in [3.8, 4) is 0 Å². The summed E-state index contributed by atoms with van der Waals surface area (Å²) >= 11 is 2.53. The maximum atomic E-state index is 2.87. The van der Waals surface area contributed by atoms with Crippen molar-refractivity contribution < 1.29 is 0 Å². The topological polar surface area (TPSA) is 9.72 Å². The molecular weight excluding hydrogens is 595 g/mol. The number of alkyl halides is 2. The summed E-state index contributed by atoms with van der Waals surface area (Å²) in [6.07, 6.45) is 0. The molecule has 0 heterocycles. The predicted octanol–water partition coefficient (Wildman–Crippen LogP) is 4.54. The molecule has 0 aromatic carbocycles. The van der Waals surface area contributed by atoms with E-state index in [4.69, 9.17) is 0 Å². The summed E-state index contributed by atoms with van der Waals surface area (Å²) in [4.78, 5) is 0. The van der Waals surface area contributed by atoms with Gasteiger partial charge in [-0.25, -0.2) is 0 Å². The van der Waals surface area contributed by atoms with Gasteiger partial charge in [-0.3, -0.25) is 0 Å². The zero-order valence-electron chi connectivity index (χ0n) is 15.0. The molecule has 128 valence electrons. The van der Waals surface area contributed by atoms with Crippen LogP contribution in [0.1, 0.15) is 48.5 Å². The average molecular weight is 630 g/mol. The van der Waals surface area contributed by atoms with Gasteiger partial charge in [0.15, 0.2) is 0 Å². The summed E-state index contributed by atoms with van der Waals surface area (Å²) in [6.45, 7) is 23.6. The zero-order valence-corrected chi connectivity index (χ0v) is 22.2. The van der Waals surface area contributed by atoms with E-state index in [0.29, 0.717) is 1.43 Å². The molecule has 0 aromatic rings. The molecule has 0 amide bonds. The second kappa shape index (κ2) is 10.9. The Hall–Kier alpha value is 2.14. The Morgan fingerprint density at radius 2 is 0.905 bits per heavy atom. The summed E-state index contributed by atoms with van der Waals surface area (Å²) in [6, 6.07) is 0. The molecule has 6 heteroatoms. The van der Waals surface area contributed by atoms with Crippen molar-refractivity contribution in [3.63, 3.8) is 0 Å². The van der Waals surface area contributed by atoms with Crippen LogP contribution in [0.3, 0.4) is 0 Å². The van der Waals surface area contributed by atoms with Gasteiger partial charge in [0.1, 0.15) is 0 Å². The van der Waals surface area contributed by atoms with Gasteiger partial charge in [-0.1, -0.05) is 0 Å². The second-order valence-electron chi connectivity index (χ2n) is 5.54. The first-order valence-electron chi connectivity index (χ1n) is 8.40. The molecule has 0 fully saturated rings. The predicted molar refractivity (Wildman–Crippen MR) is 116 cm³/mol. The van der Waals surface area contributed by atoms with Crippen molar-refractivity contribution in [3.05, 3.63) is 0 Å². The van der Waals surface area contributed by atoms with Crippen LogP contribution in [0, 0.1) is 0 Å². The summed E-state index contributed by atoms with van der Waals surface area (Å²) in [5.41, 5.74) is 0. The molecule has 0 atom stereocenters. The Morgan fingerprint density at radius 1 is 0.667 bits per heavy atom. The fourth-order valence-corrected chi connectivity index (χ4v) is 26.8. The fourth-order valence-electron chi connectivity index (χ4n) is 3.54. The van der Waals surface area contributed by atoms with Crippen molar-refractivity contribution in [2.24, 2.45) is 0 Å². The third-order valence-corrected chi connectivity index (χ3v) is 26.7. The maximum absolute atomic E-state index is 2.87. The molecule has 0 aromatic heterocycles. The molecule has 3 nitrogen and oxygen atoms in total. The second-order valence-corrected chi connectivity index (χ2v) is 23.2. The standard InChI is InChI=1S/3C4H10N.C3H5I2.Sn/c3*1-3-5-4-2;1-3(2,4)5;/h3*3-4H2,1-2H3;1H2,2H3;/q3*-1;;+3. The molecule has 0 rings (SSSR count). The molecule has 0 N–H and O–H groups in total. The zero-order chi connectivity index (χ0) is 16.7. The first-order valence-corrected chi connectivity index (χ1v) is 16.4. The van der Waals surface area contributed by atoms with Gasteiger partial charge in [-0.2, -0.15) is 0 Å². The summed E-state index contributed by atoms with van der Waals surface area (Å²) in [5.74, 6) is 0. The van der Waals surface area contributed by atoms with Crippen molar-refractivity contribution in [2.45, 2.75) is 54.3 Å². The van der Waals surface area contributed by atoms with Gasteiger partial charge in [0.2, 0.25) is 0 Å². The van der Waals surface area contributed by atoms with Crippen molar-refractivity contribution >= 4 is 64.4 Å². The number of halogens is 2. The van der Waals surface area contributed by atoms with Gasteiger partial charge in [-0.15, -0.1) is 0 Å². The Labute approximate surface area is 165 Å². The number of nitrogens with zero attached hydrogens (tertiary/aromatic N) is 3. The van der Waals surface area contributed by atoms with E-state index in [9.17, 15) is 0 Å². The van der Waals surface area contributed by atoms with E-state index in [1.54, 1.807) is 0 Å². The van der Waals surface area contributed by atoms with Crippen LogP contribution >= 0.6 is 45.2 Å². The summed E-state index contributed by atoms with van der Waals surface area (Å²) < 4.78 is 10.3. The molecule has 0 saturated carbocycles. The van der Waals surface area contributed by atoms with Crippen LogP contribution in [0.2, 0.25) is 4.44 Å². The van der Waals surface area contributed by atoms with E-state index in [-0.39, 0.29) is 0 Å². The Kier molecular flexibility index (Phi) is 12.0. The van der Waals surface area contributed by atoms with E-state index in [1.165, 1.54) is 43.7 Å². The van der Waals surface area contributed by atoms with E-state index >= 15 is 0 Å². The Bertz CT molecular complexity index is 241. The molecule has 0 saturated heterocycles. The number of rotatable bonds is 11. The average Bonchev–Trinajstić information content (AvgIpc) is 2.40. The van der Waals surface area contributed by atoms with E-state index in [2.05, 4.69) is 103 Å². The van der Waals surface area contributed by atoms with Crippen molar-refractivity contribution in [2.75, 3.05) is 39.3 Å². The third-order valence-electron chi connectivity index (χ3n) is 4.36. The third kappa shape index (κ3) is 6.17. The molecule has 0 radical (unpaired) electrons. The minimum atomic E-state index is -2.78. The molecule has 0 bridgehead atoms. The van der Waals surface area contributed by atoms with Crippen LogP contribution in [0.25, 0.3) is 0 Å². The fraction of sp³-hybridized carbons (Fsp3) is 1.00. The SMILES string of the molecule is CC[N](CC)[Sn]([CH2]C(C)(I)I)([N](CC)CC)[N](CC)CC. The van der Waals surface area contributed by atoms with Gasteiger partial charge in [0.05, 0.1) is 0 Å². The van der Waals surface area contributed by atoms with Gasteiger partial charge >= 0.3 is 167 Å². The van der Waals surface area contributed by atoms with E-state index in [0.717, 1.165) is 0 Å². The van der Waals surface area contributed by atoms with Crippen LogP contribution in [0.4, 0.5) is 0 Å². The van der Waals surface area contributed by atoms with Crippen LogP contribution in [-0.2, 0) is 0 Å². The van der Waals surface area contributed by atoms with Crippen LogP contribution in [0.15, 0.2) is 0 Å². The number of hydrogen-bond acceptors (Lipinski definition) is 3. The molecule has 21 heavy (non-hydrogen) atoms. The molecule has 0 aliphatic rings. The van der Waals surface area contributed by atoms with Gasteiger partial charge in [0, 0.05) is 0 Å². The minimum absolute atomic E-state index is 0.333. The Balaban J connectivity index is 6.03. The first kappa shape index (κ1) is 23.1. The monoisotopic (exact) mass is 631 g/mol. The molecular formula is C15H35I2N3Sn. The number of hydrogen-bond donors (Lipinski definition) is 0. The molecule has 0 spiro atoms. The summed E-state index contributed by atoms with van der Waals surface area (Å²) in [5, 5.41) is 0. The molecule has 0 aliphatic carbocycles. The van der Waals surface area contributed by atoms with E-state index < -0.39 is 19.2 Å². The van der Waals surface area contributed by atoms with Crippen LogP contribution in [-0.4, -0.2) is 69.3 Å². The van der Waals surface area contributed by atoms with Gasteiger partial charge < -0.3 is 0 Å². The van der Waals surface area contributed by atoms with Gasteiger partial charge in [0.25, 0.3) is 0 Å². The van der Waals surface area contributed by atoms with Gasteiger partial charge in [-0.05, 0) is 0 Å². The van der Waals surface area contributed by atoms with Crippen LogP contribution < -0.4 is 0 Å². The first-order chi connectivity index (χ1) is 9.77. The Morgan fingerprint density at radius 3 is 1.05 bits per heavy atom. The quantitative estimate of drug-likeness (QED) is 0.189.